The van der Waals surface area contributed by atoms with Crippen LogP contribution in [0, 0.1) is 0 Å². The van der Waals surface area contributed by atoms with Crippen LogP contribution in [0.4, 0.5) is 11.4 Å². The molecule has 0 bridgehead atoms. The van der Waals surface area contributed by atoms with E-state index in [0.717, 1.165) is 25.6 Å². The summed E-state index contributed by atoms with van der Waals surface area (Å²) < 4.78 is 24.5. The van der Waals surface area contributed by atoms with Gasteiger partial charge in [0.2, 0.25) is 15.9 Å². The molecular weight excluding hydrogens is 302 g/mol. The Morgan fingerprint density at radius 1 is 1.25 bits per heavy atom. The first kappa shape index (κ1) is 16.7. The average molecular weight is 320 g/mol. The van der Waals surface area contributed by atoms with Crippen molar-refractivity contribution in [2.45, 2.75) is 18.9 Å². The van der Waals surface area contributed by atoms with Crippen LogP contribution in [0.15, 0.2) is 24.3 Å². The number of rotatable bonds is 4. The fourth-order valence-corrected chi connectivity index (χ4v) is 2.54. The molecule has 1 aromatic carbocycles. The molecule has 8 heteroatoms. The van der Waals surface area contributed by atoms with Crippen molar-refractivity contribution in [2.24, 2.45) is 0 Å². The zero-order valence-corrected chi connectivity index (χ0v) is 12.7. The lowest BCUT2D eigenvalue weighted by atomic mass is 10.2. The number of hydrogen-bond donors (Lipinski definition) is 3. The van der Waals surface area contributed by atoms with Gasteiger partial charge in [-0.15, -0.1) is 12.4 Å². The minimum Gasteiger partial charge on any atom is -0.325 e. The highest BCUT2D eigenvalue weighted by Gasteiger charge is 2.21. The molecule has 1 amide bonds. The van der Waals surface area contributed by atoms with Crippen LogP contribution >= 0.6 is 12.4 Å². The third kappa shape index (κ3) is 4.99. The van der Waals surface area contributed by atoms with E-state index in [4.69, 9.17) is 0 Å². The van der Waals surface area contributed by atoms with Crippen LogP contribution < -0.4 is 15.4 Å². The van der Waals surface area contributed by atoms with Gasteiger partial charge in [0.25, 0.3) is 0 Å². The second kappa shape index (κ2) is 6.92. The fraction of sp³-hybridized carbons (Fsp3) is 0.417. The molecule has 0 radical (unpaired) electrons. The molecule has 112 valence electrons. The first-order valence-corrected chi connectivity index (χ1v) is 7.95. The lowest BCUT2D eigenvalue weighted by molar-refractivity contribution is -0.117. The Labute approximate surface area is 124 Å². The molecule has 0 spiro atoms. The molecule has 1 fully saturated rings. The molecule has 0 aromatic heterocycles. The summed E-state index contributed by atoms with van der Waals surface area (Å²) in [4.78, 5) is 11.8. The molecule has 20 heavy (non-hydrogen) atoms. The van der Waals surface area contributed by atoms with Gasteiger partial charge >= 0.3 is 0 Å². The second-order valence-corrected chi connectivity index (χ2v) is 6.34. The maximum Gasteiger partial charge on any atom is 0.241 e. The highest BCUT2D eigenvalue weighted by molar-refractivity contribution is 7.92. The van der Waals surface area contributed by atoms with Crippen molar-refractivity contribution in [3.63, 3.8) is 0 Å². The molecule has 1 atom stereocenters. The summed E-state index contributed by atoms with van der Waals surface area (Å²) in [6.07, 6.45) is 2.95. The summed E-state index contributed by atoms with van der Waals surface area (Å²) >= 11 is 0. The Morgan fingerprint density at radius 2 is 1.85 bits per heavy atom. The van der Waals surface area contributed by atoms with Gasteiger partial charge in [0, 0.05) is 11.4 Å². The maximum absolute atomic E-state index is 11.8. The van der Waals surface area contributed by atoms with Crippen molar-refractivity contribution in [2.75, 3.05) is 22.8 Å². The van der Waals surface area contributed by atoms with E-state index in [-0.39, 0.29) is 24.4 Å². The predicted octanol–water partition coefficient (Wildman–Crippen LogP) is 1.17. The van der Waals surface area contributed by atoms with Crippen molar-refractivity contribution >= 4 is 39.7 Å². The van der Waals surface area contributed by atoms with Gasteiger partial charge in [0.1, 0.15) is 0 Å². The topological polar surface area (TPSA) is 87.3 Å². The van der Waals surface area contributed by atoms with E-state index in [1.54, 1.807) is 24.3 Å². The van der Waals surface area contributed by atoms with Crippen LogP contribution in [0.25, 0.3) is 0 Å². The molecule has 1 unspecified atom stereocenters. The highest BCUT2D eigenvalue weighted by atomic mass is 35.5. The van der Waals surface area contributed by atoms with Gasteiger partial charge in [0.15, 0.2) is 0 Å². The van der Waals surface area contributed by atoms with E-state index in [1.807, 2.05) is 0 Å². The number of benzene rings is 1. The first-order valence-electron chi connectivity index (χ1n) is 6.06. The van der Waals surface area contributed by atoms with Crippen molar-refractivity contribution in [1.29, 1.82) is 0 Å². The summed E-state index contributed by atoms with van der Waals surface area (Å²) in [6.45, 7) is 0.870. The minimum absolute atomic E-state index is 0. The van der Waals surface area contributed by atoms with E-state index in [2.05, 4.69) is 15.4 Å². The number of hydrogen-bond acceptors (Lipinski definition) is 4. The monoisotopic (exact) mass is 319 g/mol. The molecule has 1 heterocycles. The minimum atomic E-state index is -3.27. The maximum atomic E-state index is 11.8. The van der Waals surface area contributed by atoms with Crippen molar-refractivity contribution < 1.29 is 13.2 Å². The van der Waals surface area contributed by atoms with Crippen LogP contribution in [0.3, 0.4) is 0 Å². The third-order valence-corrected chi connectivity index (χ3v) is 3.44. The second-order valence-electron chi connectivity index (χ2n) is 4.59. The number of carbonyl (C=O) groups excluding carboxylic acids is 1. The predicted molar refractivity (Wildman–Crippen MR) is 81.8 cm³/mol. The Hall–Kier alpha value is -1.31. The lowest BCUT2D eigenvalue weighted by Gasteiger charge is -2.11. The molecule has 1 aliphatic rings. The number of sulfonamides is 1. The average Bonchev–Trinajstić information content (AvgIpc) is 2.83. The van der Waals surface area contributed by atoms with Crippen LogP contribution in [0.2, 0.25) is 0 Å². The molecular formula is C12H18ClN3O3S. The zero-order valence-electron chi connectivity index (χ0n) is 11.0. The van der Waals surface area contributed by atoms with Crippen LogP contribution in [0.5, 0.6) is 0 Å². The number of anilines is 2. The molecule has 1 aliphatic heterocycles. The van der Waals surface area contributed by atoms with Gasteiger partial charge in [-0.2, -0.15) is 0 Å². The van der Waals surface area contributed by atoms with E-state index < -0.39 is 10.0 Å². The van der Waals surface area contributed by atoms with E-state index in [1.165, 1.54) is 0 Å². The largest absolute Gasteiger partial charge is 0.325 e. The Morgan fingerprint density at radius 3 is 2.35 bits per heavy atom. The Kier molecular flexibility index (Phi) is 5.79. The summed E-state index contributed by atoms with van der Waals surface area (Å²) in [5.74, 6) is -0.0543. The molecule has 1 saturated heterocycles. The zero-order chi connectivity index (χ0) is 13.9. The van der Waals surface area contributed by atoms with Gasteiger partial charge in [-0.1, -0.05) is 0 Å². The van der Waals surface area contributed by atoms with Gasteiger partial charge in [-0.05, 0) is 43.7 Å². The normalized spacial score (nSPS) is 18.1. The quantitative estimate of drug-likeness (QED) is 0.777. The van der Waals surface area contributed by atoms with Crippen LogP contribution in [-0.2, 0) is 14.8 Å². The van der Waals surface area contributed by atoms with Crippen LogP contribution in [-0.4, -0.2) is 33.2 Å². The van der Waals surface area contributed by atoms with Crippen molar-refractivity contribution in [3.05, 3.63) is 24.3 Å². The number of amides is 1. The van der Waals surface area contributed by atoms with Gasteiger partial charge in [-0.25, -0.2) is 8.42 Å². The molecule has 3 N–H and O–H groups in total. The van der Waals surface area contributed by atoms with Crippen molar-refractivity contribution in [1.82, 2.24) is 5.32 Å². The SMILES string of the molecule is CS(=O)(=O)Nc1ccc(NC(=O)C2CCCN2)cc1.Cl. The highest BCUT2D eigenvalue weighted by Crippen LogP contribution is 2.15. The Balaban J connectivity index is 0.00000200. The lowest BCUT2D eigenvalue weighted by Crippen LogP contribution is -2.35. The number of halogens is 1. The van der Waals surface area contributed by atoms with Gasteiger partial charge < -0.3 is 10.6 Å². The van der Waals surface area contributed by atoms with E-state index in [0.29, 0.717) is 11.4 Å². The Bertz CT molecular complexity index is 554. The van der Waals surface area contributed by atoms with Crippen LogP contribution in [0.1, 0.15) is 12.8 Å². The van der Waals surface area contributed by atoms with E-state index >= 15 is 0 Å². The molecule has 1 aromatic rings. The molecule has 0 saturated carbocycles. The number of carbonyl (C=O) groups is 1. The smallest absolute Gasteiger partial charge is 0.241 e. The van der Waals surface area contributed by atoms with Gasteiger partial charge in [-0.3, -0.25) is 9.52 Å². The molecule has 0 aliphatic carbocycles. The molecule has 2 rings (SSSR count). The van der Waals surface area contributed by atoms with Crippen molar-refractivity contribution in [3.8, 4) is 0 Å². The fourth-order valence-electron chi connectivity index (χ4n) is 1.97. The summed E-state index contributed by atoms with van der Waals surface area (Å²) in [5.41, 5.74) is 1.12. The number of nitrogens with one attached hydrogen (secondary N) is 3. The summed E-state index contributed by atoms with van der Waals surface area (Å²) in [6, 6.07) is 6.42. The third-order valence-electron chi connectivity index (χ3n) is 2.83. The van der Waals surface area contributed by atoms with Gasteiger partial charge in [0.05, 0.1) is 12.3 Å². The van der Waals surface area contributed by atoms with E-state index in [9.17, 15) is 13.2 Å². The summed E-state index contributed by atoms with van der Waals surface area (Å²) in [5, 5.41) is 5.91. The first-order chi connectivity index (χ1) is 8.94. The summed E-state index contributed by atoms with van der Waals surface area (Å²) in [7, 11) is -3.27. The molecule has 6 nitrogen and oxygen atoms in total. The standard InChI is InChI=1S/C12H17N3O3S.ClH/c1-19(17,18)15-10-6-4-9(5-7-10)14-12(16)11-3-2-8-13-11;/h4-7,11,13,15H,2-3,8H2,1H3,(H,14,16);1H.